The highest BCUT2D eigenvalue weighted by Crippen LogP contribution is 2.23. The maximum Gasteiger partial charge on any atom is 0.261 e. The van der Waals surface area contributed by atoms with Gasteiger partial charge < -0.3 is 9.80 Å². The minimum Gasteiger partial charge on any atom is -0.311 e. The SMILES string of the molecule is CCN(C(=O)c1cnc(N(CC)c2cccc(C)c2)nc1)c1ccccc1. The molecule has 27 heavy (non-hydrogen) atoms. The van der Waals surface area contributed by atoms with Crippen molar-refractivity contribution < 1.29 is 4.79 Å². The lowest BCUT2D eigenvalue weighted by Gasteiger charge is -2.23. The first-order chi connectivity index (χ1) is 13.1. The van der Waals surface area contributed by atoms with Crippen molar-refractivity contribution in [3.63, 3.8) is 0 Å². The summed E-state index contributed by atoms with van der Waals surface area (Å²) in [5.41, 5.74) is 3.56. The molecule has 5 heteroatoms. The molecule has 0 aliphatic carbocycles. The molecule has 0 fully saturated rings. The summed E-state index contributed by atoms with van der Waals surface area (Å²) >= 11 is 0. The molecule has 3 aromatic rings. The van der Waals surface area contributed by atoms with E-state index >= 15 is 0 Å². The van der Waals surface area contributed by atoms with Gasteiger partial charge >= 0.3 is 0 Å². The van der Waals surface area contributed by atoms with Crippen LogP contribution >= 0.6 is 0 Å². The van der Waals surface area contributed by atoms with Gasteiger partial charge in [-0.2, -0.15) is 0 Å². The predicted molar refractivity (Wildman–Crippen MR) is 110 cm³/mol. The molecule has 0 bridgehead atoms. The molecule has 0 aliphatic heterocycles. The van der Waals surface area contributed by atoms with Crippen LogP contribution in [0.1, 0.15) is 29.8 Å². The Hall–Kier alpha value is -3.21. The number of anilines is 3. The third kappa shape index (κ3) is 4.14. The summed E-state index contributed by atoms with van der Waals surface area (Å²) in [5, 5.41) is 0. The second kappa shape index (κ2) is 8.45. The molecule has 5 nitrogen and oxygen atoms in total. The average molecular weight is 360 g/mol. The van der Waals surface area contributed by atoms with E-state index < -0.39 is 0 Å². The van der Waals surface area contributed by atoms with Gasteiger partial charge in [0.05, 0.1) is 5.56 Å². The molecule has 0 radical (unpaired) electrons. The van der Waals surface area contributed by atoms with Crippen LogP contribution in [0.3, 0.4) is 0 Å². The fourth-order valence-corrected chi connectivity index (χ4v) is 3.01. The lowest BCUT2D eigenvalue weighted by molar-refractivity contribution is 0.0987. The van der Waals surface area contributed by atoms with E-state index in [0.29, 0.717) is 18.1 Å². The van der Waals surface area contributed by atoms with Gasteiger partial charge in [-0.25, -0.2) is 9.97 Å². The highest BCUT2D eigenvalue weighted by atomic mass is 16.2. The smallest absolute Gasteiger partial charge is 0.261 e. The van der Waals surface area contributed by atoms with E-state index in [1.54, 1.807) is 17.3 Å². The maximum atomic E-state index is 12.9. The van der Waals surface area contributed by atoms with Gasteiger partial charge in [0.15, 0.2) is 0 Å². The second-order valence-corrected chi connectivity index (χ2v) is 6.24. The fourth-order valence-electron chi connectivity index (χ4n) is 3.01. The predicted octanol–water partition coefficient (Wildman–Crippen LogP) is 4.61. The molecular weight excluding hydrogens is 336 g/mol. The van der Waals surface area contributed by atoms with Gasteiger partial charge in [-0.15, -0.1) is 0 Å². The normalized spacial score (nSPS) is 10.5. The Labute approximate surface area is 160 Å². The van der Waals surface area contributed by atoms with E-state index in [0.717, 1.165) is 17.9 Å². The summed E-state index contributed by atoms with van der Waals surface area (Å²) in [7, 11) is 0. The van der Waals surface area contributed by atoms with Crippen molar-refractivity contribution in [2.45, 2.75) is 20.8 Å². The molecular formula is C22H24N4O. The number of aromatic nitrogens is 2. The van der Waals surface area contributed by atoms with Crippen LogP contribution in [-0.4, -0.2) is 29.0 Å². The molecule has 3 rings (SSSR count). The highest BCUT2D eigenvalue weighted by Gasteiger charge is 2.18. The first kappa shape index (κ1) is 18.6. The molecule has 0 saturated carbocycles. The molecule has 2 aromatic carbocycles. The zero-order valence-corrected chi connectivity index (χ0v) is 16.0. The summed E-state index contributed by atoms with van der Waals surface area (Å²) < 4.78 is 0. The van der Waals surface area contributed by atoms with Gasteiger partial charge in [-0.1, -0.05) is 30.3 Å². The third-order valence-corrected chi connectivity index (χ3v) is 4.39. The molecule has 0 saturated heterocycles. The van der Waals surface area contributed by atoms with Crippen molar-refractivity contribution in [3.05, 3.63) is 78.1 Å². The largest absolute Gasteiger partial charge is 0.311 e. The number of benzene rings is 2. The van der Waals surface area contributed by atoms with Crippen LogP contribution in [0.5, 0.6) is 0 Å². The van der Waals surface area contributed by atoms with Crippen molar-refractivity contribution in [2.24, 2.45) is 0 Å². The summed E-state index contributed by atoms with van der Waals surface area (Å²) in [6.07, 6.45) is 3.21. The fraction of sp³-hybridized carbons (Fsp3) is 0.227. The van der Waals surface area contributed by atoms with Gasteiger partial charge in [0.25, 0.3) is 5.91 Å². The summed E-state index contributed by atoms with van der Waals surface area (Å²) in [6.45, 7) is 7.38. The lowest BCUT2D eigenvalue weighted by atomic mass is 10.2. The van der Waals surface area contributed by atoms with Gasteiger partial charge in [0, 0.05) is 36.9 Å². The number of rotatable bonds is 6. The molecule has 0 atom stereocenters. The standard InChI is InChI=1S/C22H24N4O/c1-4-25(19-11-7-6-8-12-19)21(27)18-15-23-22(24-16-18)26(5-2)20-13-9-10-17(3)14-20/h6-16H,4-5H2,1-3H3. The molecule has 0 unspecified atom stereocenters. The molecule has 0 aliphatic rings. The van der Waals surface area contributed by atoms with Gasteiger partial charge in [-0.3, -0.25) is 4.79 Å². The topological polar surface area (TPSA) is 49.3 Å². The first-order valence-electron chi connectivity index (χ1n) is 9.17. The van der Waals surface area contributed by atoms with Crippen LogP contribution in [0.15, 0.2) is 67.0 Å². The Kier molecular flexibility index (Phi) is 5.81. The maximum absolute atomic E-state index is 12.9. The van der Waals surface area contributed by atoms with Gasteiger partial charge in [0.2, 0.25) is 5.95 Å². The summed E-state index contributed by atoms with van der Waals surface area (Å²) in [6, 6.07) is 17.8. The van der Waals surface area contributed by atoms with Gasteiger partial charge in [-0.05, 0) is 50.6 Å². The Morgan fingerprint density at radius 1 is 0.889 bits per heavy atom. The van der Waals surface area contributed by atoms with Crippen LogP contribution < -0.4 is 9.80 Å². The minimum absolute atomic E-state index is 0.103. The number of hydrogen-bond acceptors (Lipinski definition) is 4. The van der Waals surface area contributed by atoms with Crippen LogP contribution in [-0.2, 0) is 0 Å². The molecule has 0 N–H and O–H groups in total. The number of carbonyl (C=O) groups excluding carboxylic acids is 1. The summed E-state index contributed by atoms with van der Waals surface area (Å²) in [4.78, 5) is 25.5. The first-order valence-corrected chi connectivity index (χ1v) is 9.17. The Bertz CT molecular complexity index is 894. The Balaban J connectivity index is 1.84. The van der Waals surface area contributed by atoms with E-state index in [9.17, 15) is 4.79 Å². The Morgan fingerprint density at radius 2 is 1.56 bits per heavy atom. The number of para-hydroxylation sites is 1. The third-order valence-electron chi connectivity index (χ3n) is 4.39. The zero-order valence-electron chi connectivity index (χ0n) is 16.0. The lowest BCUT2D eigenvalue weighted by Crippen LogP contribution is -2.31. The number of hydrogen-bond donors (Lipinski definition) is 0. The van der Waals surface area contributed by atoms with Crippen LogP contribution in [0.2, 0.25) is 0 Å². The van der Waals surface area contributed by atoms with Crippen LogP contribution in [0.4, 0.5) is 17.3 Å². The van der Waals surface area contributed by atoms with Crippen molar-refractivity contribution in [3.8, 4) is 0 Å². The number of aryl methyl sites for hydroxylation is 1. The van der Waals surface area contributed by atoms with E-state index in [2.05, 4.69) is 35.9 Å². The van der Waals surface area contributed by atoms with Crippen molar-refractivity contribution in [2.75, 3.05) is 22.9 Å². The van der Waals surface area contributed by atoms with Crippen molar-refractivity contribution in [1.82, 2.24) is 9.97 Å². The van der Waals surface area contributed by atoms with E-state index in [1.165, 1.54) is 5.56 Å². The number of carbonyl (C=O) groups is 1. The number of amides is 1. The summed E-state index contributed by atoms with van der Waals surface area (Å²) in [5.74, 6) is 0.483. The van der Waals surface area contributed by atoms with Crippen LogP contribution in [0.25, 0.3) is 0 Å². The number of nitrogens with zero attached hydrogens (tertiary/aromatic N) is 4. The minimum atomic E-state index is -0.103. The van der Waals surface area contributed by atoms with Crippen molar-refractivity contribution >= 4 is 23.2 Å². The molecule has 1 heterocycles. The molecule has 1 amide bonds. The van der Waals surface area contributed by atoms with E-state index in [1.807, 2.05) is 54.3 Å². The molecule has 138 valence electrons. The Morgan fingerprint density at radius 3 is 2.15 bits per heavy atom. The average Bonchev–Trinajstić information content (AvgIpc) is 2.70. The monoisotopic (exact) mass is 360 g/mol. The second-order valence-electron chi connectivity index (χ2n) is 6.24. The molecule has 0 spiro atoms. The molecule has 1 aromatic heterocycles. The van der Waals surface area contributed by atoms with Crippen LogP contribution in [0, 0.1) is 6.92 Å². The van der Waals surface area contributed by atoms with Crippen molar-refractivity contribution in [1.29, 1.82) is 0 Å². The van der Waals surface area contributed by atoms with Gasteiger partial charge in [0.1, 0.15) is 0 Å². The highest BCUT2D eigenvalue weighted by molar-refractivity contribution is 6.05. The van der Waals surface area contributed by atoms with E-state index in [-0.39, 0.29) is 5.91 Å². The quantitative estimate of drug-likeness (QED) is 0.644. The van der Waals surface area contributed by atoms with E-state index in [4.69, 9.17) is 0 Å². The zero-order chi connectivity index (χ0) is 19.2.